The van der Waals surface area contributed by atoms with Crippen molar-refractivity contribution >= 4 is 133 Å². The molecule has 4 amide bonds. The van der Waals surface area contributed by atoms with Crippen molar-refractivity contribution in [3.63, 3.8) is 0 Å². The Morgan fingerprint density at radius 1 is 0.600 bits per heavy atom. The number of nitrogens with one attached hydrogen (secondary N) is 1. The maximum absolute atomic E-state index is 12.3. The number of hydrogen-bond acceptors (Lipinski definition) is 15. The molecule has 0 saturated carbocycles. The smallest absolute Gasteiger partial charge is 0.346 e. The van der Waals surface area contributed by atoms with Gasteiger partial charge in [-0.25, -0.2) is 19.2 Å². The van der Waals surface area contributed by atoms with Crippen molar-refractivity contribution in [1.82, 2.24) is 19.6 Å². The lowest BCUT2D eigenvalue weighted by molar-refractivity contribution is -0.896. The summed E-state index contributed by atoms with van der Waals surface area (Å²) in [4.78, 5) is 131. The number of rotatable bonds is 21. The molecule has 0 spiro atoms. The Hall–Kier alpha value is -5.17. The van der Waals surface area contributed by atoms with E-state index in [2.05, 4.69) is 79.3 Å². The minimum absolute atomic E-state index is 0. The van der Waals surface area contributed by atoms with Crippen molar-refractivity contribution in [1.29, 1.82) is 0 Å². The van der Waals surface area contributed by atoms with Gasteiger partial charge in [0.2, 0.25) is 0 Å². The molecule has 0 radical (unpaired) electrons. The first-order valence-corrected chi connectivity index (χ1v) is 26.9. The van der Waals surface area contributed by atoms with Gasteiger partial charge in [-0.3, -0.25) is 47.8 Å². The first kappa shape index (κ1) is 74.8. The zero-order chi connectivity index (χ0) is 61.4. The molecule has 3 heterocycles. The molecule has 0 unspecified atom stereocenters. The Labute approximate surface area is 501 Å². The molecule has 20 nitrogen and oxygen atoms in total. The van der Waals surface area contributed by atoms with Crippen LogP contribution in [0, 0.1) is 0 Å². The van der Waals surface area contributed by atoms with Gasteiger partial charge in [0.15, 0.2) is 4.30 Å². The predicted molar refractivity (Wildman–Crippen MR) is 299 cm³/mol. The van der Waals surface area contributed by atoms with Gasteiger partial charge in [0.1, 0.15) is 0 Å². The molecule has 0 aromatic heterocycles. The number of carboxylic acids is 2. The van der Waals surface area contributed by atoms with Crippen LogP contribution in [0.3, 0.4) is 0 Å². The second-order valence-electron chi connectivity index (χ2n) is 16.3. The van der Waals surface area contributed by atoms with Gasteiger partial charge in [-0.05, 0) is 162 Å². The van der Waals surface area contributed by atoms with E-state index in [1.165, 1.54) is 63.2 Å². The van der Waals surface area contributed by atoms with Crippen LogP contribution in [0.2, 0.25) is 0 Å². The van der Waals surface area contributed by atoms with E-state index in [0.29, 0.717) is 25.1 Å². The summed E-state index contributed by atoms with van der Waals surface area (Å²) in [6, 6.07) is 12.1. The molecule has 0 aliphatic carbocycles. The molecule has 3 aliphatic rings. The lowest BCUT2D eigenvalue weighted by Gasteiger charge is -2.20. The first-order chi connectivity index (χ1) is 37.7. The fourth-order valence-electron chi connectivity index (χ4n) is 7.40. The van der Waals surface area contributed by atoms with E-state index in [-0.39, 0.29) is 74.6 Å². The number of imide groups is 2. The number of benzene rings is 3. The predicted octanol–water partition coefficient (Wildman–Crippen LogP) is 4.15. The average Bonchev–Trinajstić information content (AvgIpc) is 3.95. The molecule has 0 bridgehead atoms. The van der Waals surface area contributed by atoms with Crippen molar-refractivity contribution in [2.24, 2.45) is 5.73 Å². The van der Waals surface area contributed by atoms with Gasteiger partial charge in [0.25, 0.3) is 28.9 Å². The summed E-state index contributed by atoms with van der Waals surface area (Å²) in [6.07, 6.45) is 2.60. The Bertz CT molecular complexity index is 2510. The highest BCUT2D eigenvalue weighted by molar-refractivity contribution is 6.97. The second-order valence-corrected chi connectivity index (χ2v) is 19.3. The number of alkyl halides is 4. The van der Waals surface area contributed by atoms with Gasteiger partial charge in [0, 0.05) is 25.1 Å². The molecule has 3 aromatic carbocycles. The zero-order valence-electron chi connectivity index (χ0n) is 45.8. The van der Waals surface area contributed by atoms with Crippen LogP contribution in [0.1, 0.15) is 155 Å². The summed E-state index contributed by atoms with van der Waals surface area (Å²) in [7, 11) is -1.00. The largest absolute Gasteiger partial charge is 1.00 e. The topological polar surface area (TPSA) is 281 Å². The van der Waals surface area contributed by atoms with E-state index >= 15 is 0 Å². The number of hydrogen-bond donors (Lipinski definition) is 4. The van der Waals surface area contributed by atoms with Crippen molar-refractivity contribution in [3.8, 4) is 0 Å². The number of fused-ring (bicyclic) bond motifs is 3. The fraction of sp³-hybridized carbons (Fsp3) is 0.442. The normalized spacial score (nSPS) is 12.5. The van der Waals surface area contributed by atoms with Crippen LogP contribution in [0.15, 0.2) is 54.6 Å². The highest BCUT2D eigenvalue weighted by atomic mass is 35.6. The molecule has 0 fully saturated rings. The van der Waals surface area contributed by atoms with Gasteiger partial charge in [0.05, 0.1) is 72.7 Å². The number of quaternary nitrogens is 1. The van der Waals surface area contributed by atoms with E-state index in [9.17, 15) is 57.1 Å². The van der Waals surface area contributed by atoms with Crippen molar-refractivity contribution in [3.05, 3.63) is 105 Å². The quantitative estimate of drug-likeness (QED) is 0.0291. The highest BCUT2D eigenvalue weighted by Gasteiger charge is 2.37. The van der Waals surface area contributed by atoms with Gasteiger partial charge in [-0.1, -0.05) is 62.5 Å². The SMILES string of the molecule is CCN(CC)CCCN.CCN(CC)CCCN1C(=O)c2ccc(C(=O)O)cc2C1=O.CC[NH+](CC)CCCN1C(=O)c2ccc(C(=O)Cl)cc2C1=O.ClC(Cl)Cl.O=C(Cl)C(=O)Cl.O=C(O)c1ccc2c(c1)C(=O)OC2=O.[2H]CF.[Cl-]. The van der Waals surface area contributed by atoms with Crippen molar-refractivity contribution < 1.29 is 90.8 Å². The Balaban J connectivity index is 0. The summed E-state index contributed by atoms with van der Waals surface area (Å²) in [5.74, 6) is -5.16. The second kappa shape index (κ2) is 40.9. The van der Waals surface area contributed by atoms with Crippen LogP contribution >= 0.6 is 69.6 Å². The Morgan fingerprint density at radius 3 is 1.30 bits per heavy atom. The lowest BCUT2D eigenvalue weighted by Crippen LogP contribution is -3.11. The standard InChI is InChI=1S/C16H19ClN2O3.C16H20N2O4.C9H4O5.C7H18N2.C2Cl2O2.CHCl3.CH3F.ClH/c1-3-18(4-2)8-5-9-19-15(21)12-7-6-11(14(17)20)10-13(12)16(19)22;1-3-17(4-2)8-5-9-18-14(19)12-7-6-11(16(21)22)10-13(12)15(18)20;10-7(11)4-1-2-5-6(3-4)9(13)14-8(5)12;1-3-9(4-2)7-5-6-8;3-1(5)2(4)6;2-1(3)4;1-2;/h6-7,10H,3-5,8-9H2,1-2H3;6-7,10H,3-5,8-9H2,1-2H3,(H,21,22);1-3H,(H,10,11);3-8H2,1-2H3;;1H;1H3;1H/i;;;;;;1D;. The number of esters is 2. The van der Waals surface area contributed by atoms with E-state index in [1.807, 2.05) is 0 Å². The van der Waals surface area contributed by atoms with Gasteiger partial charge in [-0.15, -0.1) is 0 Å². The molecule has 3 aromatic rings. The fourth-order valence-corrected chi connectivity index (χ4v) is 7.52. The molecular weight excluding hydrogens is 1200 g/mol. The van der Waals surface area contributed by atoms with Crippen LogP contribution < -0.4 is 23.0 Å². The molecule has 80 heavy (non-hydrogen) atoms. The van der Waals surface area contributed by atoms with Gasteiger partial charge in [-0.2, -0.15) is 0 Å². The number of halogens is 8. The number of ether oxygens (including phenoxy) is 1. The monoisotopic (exact) mass is 1260 g/mol. The molecular formula is C52H66Cl7FN6O14. The maximum Gasteiger partial charge on any atom is 0.346 e. The van der Waals surface area contributed by atoms with E-state index < -0.39 is 57.0 Å². The molecule has 0 atom stereocenters. The minimum atomic E-state index is -1.15. The van der Waals surface area contributed by atoms with Crippen molar-refractivity contribution in [2.45, 2.75) is 65.1 Å². The number of amides is 4. The third-order valence-electron chi connectivity index (χ3n) is 11.7. The maximum atomic E-state index is 12.3. The van der Waals surface area contributed by atoms with E-state index in [4.69, 9.17) is 63.7 Å². The van der Waals surface area contributed by atoms with Crippen LogP contribution in [0.4, 0.5) is 4.39 Å². The number of carbonyl (C=O) groups is 11. The number of nitrogens with two attached hydrogens (primary N) is 1. The number of cyclic esters (lactones) is 2. The number of aromatic carboxylic acids is 2. The van der Waals surface area contributed by atoms with Gasteiger partial charge >= 0.3 is 34.4 Å². The zero-order valence-corrected chi connectivity index (χ0v) is 50.1. The van der Waals surface area contributed by atoms with Crippen LogP contribution in [-0.2, 0) is 14.3 Å². The highest BCUT2D eigenvalue weighted by Crippen LogP contribution is 2.26. The van der Waals surface area contributed by atoms with Crippen LogP contribution in [0.5, 0.6) is 0 Å². The molecule has 0 saturated heterocycles. The number of carbonyl (C=O) groups excluding carboxylic acids is 9. The average molecular weight is 1270 g/mol. The first-order valence-electron chi connectivity index (χ1n) is 25.1. The van der Waals surface area contributed by atoms with Gasteiger partial charge < -0.3 is 47.8 Å². The Kier molecular flexibility index (Phi) is 38.3. The van der Waals surface area contributed by atoms with Crippen LogP contribution in [0.25, 0.3) is 0 Å². The van der Waals surface area contributed by atoms with Crippen molar-refractivity contribution in [2.75, 3.05) is 85.7 Å². The Morgan fingerprint density at radius 2 is 0.938 bits per heavy atom. The molecule has 5 N–H and O–H groups in total. The molecule has 444 valence electrons. The molecule has 6 rings (SSSR count). The number of nitrogens with zero attached hydrogens (tertiary/aromatic N) is 4. The molecule has 3 aliphatic heterocycles. The summed E-state index contributed by atoms with van der Waals surface area (Å²) in [5, 5.41) is 14.7. The third-order valence-corrected chi connectivity index (χ3v) is 12.4. The van der Waals surface area contributed by atoms with E-state index in [0.717, 1.165) is 84.4 Å². The summed E-state index contributed by atoms with van der Waals surface area (Å²) < 4.78 is 19.0. The van der Waals surface area contributed by atoms with Crippen LogP contribution in [-0.4, -0.2) is 183 Å². The summed E-state index contributed by atoms with van der Waals surface area (Å²) in [6.45, 7) is 23.4. The number of carboxylic acid groups (broad SMARTS) is 2. The summed E-state index contributed by atoms with van der Waals surface area (Å²) >= 11 is 28.8. The minimum Gasteiger partial charge on any atom is -1.00 e. The third kappa shape index (κ3) is 25.3. The summed E-state index contributed by atoms with van der Waals surface area (Å²) in [5.41, 5.74) is 6.78. The van der Waals surface area contributed by atoms with E-state index in [1.54, 1.807) is 0 Å². The lowest BCUT2D eigenvalue weighted by atomic mass is 10.1. The molecule has 28 heteroatoms.